The highest BCUT2D eigenvalue weighted by Crippen LogP contribution is 2.43. The summed E-state index contributed by atoms with van der Waals surface area (Å²) in [6.45, 7) is 4.82. The van der Waals surface area contributed by atoms with Crippen molar-refractivity contribution in [3.8, 4) is 0 Å². The number of carbonyl (C=O) groups is 1. The van der Waals surface area contributed by atoms with E-state index in [-0.39, 0.29) is 19.1 Å². The van der Waals surface area contributed by atoms with Crippen LogP contribution < -0.4 is 5.32 Å². The quantitative estimate of drug-likeness (QED) is 0.0243. The molecule has 0 radical (unpaired) electrons. The van der Waals surface area contributed by atoms with Gasteiger partial charge in [0, 0.05) is 6.42 Å². The van der Waals surface area contributed by atoms with Crippen molar-refractivity contribution in [2.75, 3.05) is 40.9 Å². The summed E-state index contributed by atoms with van der Waals surface area (Å²) in [4.78, 5) is 23.4. The summed E-state index contributed by atoms with van der Waals surface area (Å²) in [5.74, 6) is -0.184. The van der Waals surface area contributed by atoms with E-state index in [1.165, 1.54) is 295 Å². The molecule has 0 saturated carbocycles. The van der Waals surface area contributed by atoms with Gasteiger partial charge in [-0.05, 0) is 77.0 Å². The molecule has 0 aliphatic carbocycles. The van der Waals surface area contributed by atoms with Gasteiger partial charge in [-0.3, -0.25) is 13.8 Å². The van der Waals surface area contributed by atoms with Crippen molar-refractivity contribution in [1.29, 1.82) is 0 Å². The van der Waals surface area contributed by atoms with Crippen LogP contribution in [0, 0.1) is 0 Å². The van der Waals surface area contributed by atoms with Crippen LogP contribution in [0.2, 0.25) is 0 Å². The summed E-state index contributed by atoms with van der Waals surface area (Å²) in [6, 6.07) is -0.871. The van der Waals surface area contributed by atoms with Crippen LogP contribution >= 0.6 is 7.82 Å². The molecule has 0 fully saturated rings. The highest BCUT2D eigenvalue weighted by Gasteiger charge is 2.28. The van der Waals surface area contributed by atoms with E-state index >= 15 is 0 Å². The minimum atomic E-state index is -4.37. The Balaban J connectivity index is 3.99. The third-order valence-corrected chi connectivity index (χ3v) is 17.9. The Kier molecular flexibility index (Phi) is 65.2. The second-order valence-corrected chi connectivity index (χ2v) is 28.1. The lowest BCUT2D eigenvalue weighted by Crippen LogP contribution is -2.45. The molecule has 0 aromatic heterocycles. The minimum absolute atomic E-state index is 0.0542. The predicted octanol–water partition coefficient (Wildman–Crippen LogP) is 23.9. The molecule has 1 amide bonds. The van der Waals surface area contributed by atoms with Crippen molar-refractivity contribution in [2.45, 2.75) is 379 Å². The van der Waals surface area contributed by atoms with Gasteiger partial charge in [-0.25, -0.2) is 4.57 Å². The van der Waals surface area contributed by atoms with E-state index in [1.807, 2.05) is 27.2 Å². The second kappa shape index (κ2) is 66.6. The van der Waals surface area contributed by atoms with E-state index in [0.29, 0.717) is 17.4 Å². The molecule has 85 heavy (non-hydrogen) atoms. The van der Waals surface area contributed by atoms with Gasteiger partial charge in [-0.15, -0.1) is 0 Å². The van der Waals surface area contributed by atoms with Gasteiger partial charge in [0.05, 0.1) is 39.9 Å². The number of hydrogen-bond acceptors (Lipinski definition) is 5. The Hall–Kier alpha value is -1.80. The van der Waals surface area contributed by atoms with Gasteiger partial charge in [-0.1, -0.05) is 344 Å². The highest BCUT2D eigenvalue weighted by molar-refractivity contribution is 7.47. The van der Waals surface area contributed by atoms with E-state index in [9.17, 15) is 19.4 Å². The lowest BCUT2D eigenvalue weighted by molar-refractivity contribution is -0.870. The van der Waals surface area contributed by atoms with Crippen molar-refractivity contribution in [3.05, 3.63) is 60.8 Å². The van der Waals surface area contributed by atoms with E-state index in [4.69, 9.17) is 9.05 Å². The average Bonchev–Trinajstić information content (AvgIpc) is 3.49. The maximum atomic E-state index is 13.1. The number of carbonyl (C=O) groups excluding carboxylic acids is 1. The summed E-state index contributed by atoms with van der Waals surface area (Å²) >= 11 is 0. The lowest BCUT2D eigenvalue weighted by Gasteiger charge is -2.25. The van der Waals surface area contributed by atoms with Crippen LogP contribution in [-0.4, -0.2) is 73.4 Å². The van der Waals surface area contributed by atoms with Crippen molar-refractivity contribution in [3.63, 3.8) is 0 Å². The summed E-state index contributed by atoms with van der Waals surface area (Å²) in [6.07, 6.45) is 92.6. The Morgan fingerprint density at radius 3 is 1.01 bits per heavy atom. The number of likely N-dealkylation sites (N-methyl/N-ethyl adjacent to an activating group) is 1. The molecule has 8 nitrogen and oxygen atoms in total. The van der Waals surface area contributed by atoms with Crippen LogP contribution in [0.25, 0.3) is 0 Å². The monoisotopic (exact) mass is 1210 g/mol. The number of phosphoric ester groups is 1. The van der Waals surface area contributed by atoms with Crippen LogP contribution in [0.3, 0.4) is 0 Å². The fraction of sp³-hybridized carbons (Fsp3) is 0.855. The van der Waals surface area contributed by atoms with Crippen LogP contribution in [-0.2, 0) is 18.4 Å². The first kappa shape index (κ1) is 83.2. The molecular weight excluding hydrogens is 1070 g/mol. The van der Waals surface area contributed by atoms with Crippen molar-refractivity contribution in [2.24, 2.45) is 0 Å². The Morgan fingerprint density at radius 1 is 0.400 bits per heavy atom. The molecule has 0 aromatic rings. The van der Waals surface area contributed by atoms with Crippen molar-refractivity contribution < 1.29 is 32.9 Å². The molecule has 500 valence electrons. The molecule has 0 heterocycles. The van der Waals surface area contributed by atoms with Gasteiger partial charge in [0.1, 0.15) is 13.2 Å². The fourth-order valence-electron chi connectivity index (χ4n) is 11.2. The third kappa shape index (κ3) is 69.5. The Labute approximate surface area is 530 Å². The number of amides is 1. The van der Waals surface area contributed by atoms with Gasteiger partial charge in [0.25, 0.3) is 0 Å². The number of rotatable bonds is 69. The van der Waals surface area contributed by atoms with Crippen LogP contribution in [0.15, 0.2) is 60.8 Å². The Bertz CT molecular complexity index is 1570. The third-order valence-electron chi connectivity index (χ3n) is 16.9. The van der Waals surface area contributed by atoms with Crippen LogP contribution in [0.4, 0.5) is 0 Å². The number of aliphatic hydroxyl groups is 1. The standard InChI is InChI=1S/C76H145N2O6P/c1-6-8-10-12-14-16-18-20-22-24-26-28-30-32-33-34-35-36-37-38-39-40-41-42-43-44-45-46-48-50-52-54-56-58-60-62-64-66-68-70-76(80)77-74(73-84-85(81,82)83-72-71-78(3,4)5)75(79)69-67-65-63-61-59-57-55-53-51-49-47-31-29-27-25-23-21-19-17-15-13-11-9-7-2/h18,20,24,26,51,53,59,61,67,69,74-75,79H,6-17,19,21-23,25,27-50,52,54-58,60,62-66,68,70-73H2,1-5H3,(H-,77,80,81,82)/p+1/b20-18-,26-24-,53-51+,61-59+,69-67+. The zero-order chi connectivity index (χ0) is 61.9. The summed E-state index contributed by atoms with van der Waals surface area (Å²) in [7, 11) is 1.56. The van der Waals surface area contributed by atoms with E-state index in [2.05, 4.69) is 67.8 Å². The van der Waals surface area contributed by atoms with Gasteiger partial charge < -0.3 is 19.8 Å². The summed E-state index contributed by atoms with van der Waals surface area (Å²) in [5, 5.41) is 14.0. The van der Waals surface area contributed by atoms with Gasteiger partial charge in [0.15, 0.2) is 0 Å². The largest absolute Gasteiger partial charge is 0.472 e. The number of quaternary nitrogens is 1. The van der Waals surface area contributed by atoms with Crippen molar-refractivity contribution in [1.82, 2.24) is 5.32 Å². The van der Waals surface area contributed by atoms with Crippen molar-refractivity contribution >= 4 is 13.7 Å². The number of hydrogen-bond donors (Lipinski definition) is 3. The normalized spacial score (nSPS) is 13.9. The number of aliphatic hydroxyl groups excluding tert-OH is 1. The lowest BCUT2D eigenvalue weighted by atomic mass is 10.0. The number of unbranched alkanes of at least 4 members (excludes halogenated alkanes) is 48. The smallest absolute Gasteiger partial charge is 0.387 e. The van der Waals surface area contributed by atoms with Crippen LogP contribution in [0.1, 0.15) is 367 Å². The zero-order valence-electron chi connectivity index (χ0n) is 57.4. The molecule has 3 atom stereocenters. The molecule has 0 aliphatic rings. The fourth-order valence-corrected chi connectivity index (χ4v) is 11.9. The number of phosphoric acid groups is 1. The molecular formula is C76H146N2O6P+. The Morgan fingerprint density at radius 2 is 0.682 bits per heavy atom. The first-order chi connectivity index (χ1) is 41.5. The molecule has 0 spiro atoms. The molecule has 0 aliphatic heterocycles. The van der Waals surface area contributed by atoms with Gasteiger partial charge >= 0.3 is 7.82 Å². The molecule has 0 saturated heterocycles. The maximum Gasteiger partial charge on any atom is 0.472 e. The number of nitrogens with one attached hydrogen (secondary N) is 1. The predicted molar refractivity (Wildman–Crippen MR) is 374 cm³/mol. The zero-order valence-corrected chi connectivity index (χ0v) is 58.3. The molecule has 0 rings (SSSR count). The second-order valence-electron chi connectivity index (χ2n) is 26.7. The molecule has 3 N–H and O–H groups in total. The first-order valence-corrected chi connectivity index (χ1v) is 38.7. The first-order valence-electron chi connectivity index (χ1n) is 37.2. The van der Waals surface area contributed by atoms with E-state index in [0.717, 1.165) is 51.4 Å². The summed E-state index contributed by atoms with van der Waals surface area (Å²) < 4.78 is 23.8. The number of nitrogens with zero attached hydrogens (tertiary/aromatic N) is 1. The summed E-state index contributed by atoms with van der Waals surface area (Å²) in [5.41, 5.74) is 0. The molecule has 0 aromatic carbocycles. The SMILES string of the molecule is CCCCCCC/C=C\C/C=C\CCCCCCCCCCCCCCCCCCCCCCCCCCCCCC(=O)NC(COP(=O)(O)OCC[N+](C)(C)C)C(O)/C=C/CC/C=C/CC/C=C/CCCCCCCCCCCCCCCC. The minimum Gasteiger partial charge on any atom is -0.387 e. The molecule has 9 heteroatoms. The highest BCUT2D eigenvalue weighted by atomic mass is 31.2. The van der Waals surface area contributed by atoms with Gasteiger partial charge in [0.2, 0.25) is 5.91 Å². The topological polar surface area (TPSA) is 105 Å². The molecule has 3 unspecified atom stereocenters. The van der Waals surface area contributed by atoms with Gasteiger partial charge in [-0.2, -0.15) is 0 Å². The number of allylic oxidation sites excluding steroid dienone is 9. The van der Waals surface area contributed by atoms with E-state index < -0.39 is 20.0 Å². The maximum absolute atomic E-state index is 13.1. The van der Waals surface area contributed by atoms with Crippen LogP contribution in [0.5, 0.6) is 0 Å². The average molecular weight is 1210 g/mol. The van der Waals surface area contributed by atoms with E-state index in [1.54, 1.807) is 6.08 Å². The molecule has 0 bridgehead atoms.